The number of hydrogen-bond acceptors (Lipinski definition) is 14. The number of rotatable bonds is 33. The van der Waals surface area contributed by atoms with Gasteiger partial charge in [-0.3, -0.25) is 47.9 Å². The quantitative estimate of drug-likeness (QED) is 0.0282. The third kappa shape index (κ3) is 20.5. The molecular weight excluding hydrogens is 1060 g/mol. The summed E-state index contributed by atoms with van der Waals surface area (Å²) in [7, 11) is 0. The van der Waals surface area contributed by atoms with Gasteiger partial charge in [0, 0.05) is 55.5 Å². The molecule has 7 atom stereocenters. The number of Topliss-reactive ketones (excluding diaryl/α,β-unsaturated/α-hetero) is 1. The van der Waals surface area contributed by atoms with Gasteiger partial charge in [-0.25, -0.2) is 13.6 Å². The number of carbonyl (C=O) groups is 11. The monoisotopic (exact) mass is 1140 g/mol. The van der Waals surface area contributed by atoms with E-state index in [9.17, 15) is 67.3 Å². The lowest BCUT2D eigenvalue weighted by molar-refractivity contribution is -0.143. The Hall–Kier alpha value is -8.17. The normalized spacial score (nSPS) is 14.3. The van der Waals surface area contributed by atoms with Crippen molar-refractivity contribution in [2.24, 2.45) is 22.6 Å². The van der Waals surface area contributed by atoms with E-state index in [2.05, 4.69) is 31.9 Å². The first-order valence-corrected chi connectivity index (χ1v) is 26.1. The lowest BCUT2D eigenvalue weighted by Crippen LogP contribution is -2.62. The van der Waals surface area contributed by atoms with E-state index < -0.39 is 176 Å². The minimum absolute atomic E-state index is 0.0717. The number of nitrogens with zero attached hydrogens (tertiary/aromatic N) is 2. The lowest BCUT2D eigenvalue weighted by atomic mass is 9.82. The molecule has 0 bridgehead atoms. The number of aliphatic carboxylic acids is 2. The summed E-state index contributed by atoms with van der Waals surface area (Å²) in [6.07, 6.45) is -0.718. The molecular formula is C54H75F2N11O14. The van der Waals surface area contributed by atoms with Gasteiger partial charge in [0.25, 0.3) is 0 Å². The molecule has 0 spiro atoms. The molecule has 8 amide bonds. The molecule has 444 valence electrons. The molecule has 0 aliphatic rings. The number of primary amides is 1. The van der Waals surface area contributed by atoms with Crippen LogP contribution in [0.2, 0.25) is 0 Å². The van der Waals surface area contributed by atoms with E-state index in [4.69, 9.17) is 22.3 Å². The third-order valence-electron chi connectivity index (χ3n) is 13.0. The number of aromatic nitrogens is 1. The molecule has 0 fully saturated rings. The highest BCUT2D eigenvalue weighted by atomic mass is 19.1. The highest BCUT2D eigenvalue weighted by molar-refractivity contribution is 6.10. The second-order valence-electron chi connectivity index (χ2n) is 20.6. The molecule has 0 aliphatic heterocycles. The van der Waals surface area contributed by atoms with Crippen LogP contribution >= 0.6 is 0 Å². The van der Waals surface area contributed by atoms with Crippen molar-refractivity contribution in [2.45, 2.75) is 141 Å². The van der Waals surface area contributed by atoms with Crippen LogP contribution in [-0.4, -0.2) is 152 Å². The van der Waals surface area contributed by atoms with Gasteiger partial charge in [0.1, 0.15) is 48.5 Å². The second-order valence-corrected chi connectivity index (χ2v) is 20.6. The van der Waals surface area contributed by atoms with Crippen molar-refractivity contribution in [3.05, 3.63) is 83.7 Å². The highest BCUT2D eigenvalue weighted by Crippen LogP contribution is 2.41. The average molecular weight is 1140 g/mol. The fraction of sp³-hybridized carbons (Fsp3) is 0.500. The van der Waals surface area contributed by atoms with Crippen LogP contribution < -0.4 is 49.1 Å². The first kappa shape index (κ1) is 67.1. The average Bonchev–Trinajstić information content (AvgIpc) is 3.79. The number of carboxylic acids is 2. The van der Waals surface area contributed by atoms with E-state index in [1.165, 1.54) is 18.7 Å². The number of carbonyl (C=O) groups excluding carboxylic acids is 9. The SMILES string of the molecule is CC(=O)[C@](N)(CCCCN)C(=O)N[C@@H](C)C(=O)N[C@@H](C)C(=O)N[C@@H](CC(N)=O)C(=O)N[C@@H](CCN(C(=O)CO)[C@@H](c1cc(-c2cc(F)ccc2F)cn1Cc1ccccc1)C(C)(C)C)C(=O)NCCC(=O)N[C@@H](CCC(=O)O)C(=O)O. The topological polar surface area (TPSA) is 407 Å². The Balaban J connectivity index is 2.03. The Morgan fingerprint density at radius 3 is 1.96 bits per heavy atom. The number of benzene rings is 2. The number of aliphatic hydroxyl groups is 1. The molecule has 2 aromatic carbocycles. The zero-order valence-corrected chi connectivity index (χ0v) is 46.1. The molecule has 0 aliphatic carbocycles. The summed E-state index contributed by atoms with van der Waals surface area (Å²) < 4.78 is 31.8. The molecule has 15 N–H and O–H groups in total. The van der Waals surface area contributed by atoms with Gasteiger partial charge in [-0.15, -0.1) is 0 Å². The molecule has 3 rings (SSSR count). The van der Waals surface area contributed by atoms with Gasteiger partial charge in [-0.05, 0) is 94.7 Å². The zero-order valence-electron chi connectivity index (χ0n) is 46.1. The summed E-state index contributed by atoms with van der Waals surface area (Å²) in [5, 5.41) is 43.1. The smallest absolute Gasteiger partial charge is 0.326 e. The first-order valence-electron chi connectivity index (χ1n) is 26.1. The Bertz CT molecular complexity index is 2760. The van der Waals surface area contributed by atoms with Crippen LogP contribution in [0.1, 0.15) is 110 Å². The summed E-state index contributed by atoms with van der Waals surface area (Å²) >= 11 is 0. The number of ketones is 1. The maximum atomic E-state index is 15.4. The highest BCUT2D eigenvalue weighted by Gasteiger charge is 2.41. The molecule has 0 saturated carbocycles. The van der Waals surface area contributed by atoms with Gasteiger partial charge < -0.3 is 73.9 Å². The maximum absolute atomic E-state index is 15.4. The van der Waals surface area contributed by atoms with Crippen LogP contribution in [-0.2, 0) is 59.3 Å². The van der Waals surface area contributed by atoms with Crippen LogP contribution in [0.5, 0.6) is 0 Å². The molecule has 27 heteroatoms. The van der Waals surface area contributed by atoms with Crippen LogP contribution in [0, 0.1) is 17.0 Å². The van der Waals surface area contributed by atoms with Gasteiger partial charge in [0.15, 0.2) is 11.3 Å². The van der Waals surface area contributed by atoms with Crippen LogP contribution in [0.3, 0.4) is 0 Å². The zero-order chi connectivity index (χ0) is 60.9. The predicted octanol–water partition coefficient (Wildman–Crippen LogP) is -0.00980. The summed E-state index contributed by atoms with van der Waals surface area (Å²) in [6.45, 7) is 7.22. The van der Waals surface area contributed by atoms with Crippen molar-refractivity contribution >= 4 is 65.0 Å². The Morgan fingerprint density at radius 1 is 0.753 bits per heavy atom. The van der Waals surface area contributed by atoms with Crippen LogP contribution in [0.15, 0.2) is 60.8 Å². The minimum Gasteiger partial charge on any atom is -0.481 e. The maximum Gasteiger partial charge on any atom is 0.326 e. The van der Waals surface area contributed by atoms with Gasteiger partial charge in [-0.2, -0.15) is 0 Å². The number of carboxylic acid groups (broad SMARTS) is 2. The molecule has 1 aromatic heterocycles. The van der Waals surface area contributed by atoms with E-state index in [1.54, 1.807) is 55.8 Å². The molecule has 0 saturated heterocycles. The molecule has 1 heterocycles. The van der Waals surface area contributed by atoms with Crippen molar-refractivity contribution in [1.29, 1.82) is 0 Å². The predicted molar refractivity (Wildman–Crippen MR) is 288 cm³/mol. The van der Waals surface area contributed by atoms with E-state index >= 15 is 4.39 Å². The van der Waals surface area contributed by atoms with Crippen molar-refractivity contribution in [2.75, 3.05) is 26.2 Å². The van der Waals surface area contributed by atoms with E-state index in [0.717, 1.165) is 30.7 Å². The van der Waals surface area contributed by atoms with Crippen molar-refractivity contribution in [3.8, 4) is 11.1 Å². The largest absolute Gasteiger partial charge is 0.481 e. The lowest BCUT2D eigenvalue weighted by Gasteiger charge is -2.41. The standard InChI is InChI=1S/C54H75F2N11O14/c1-30(61-47(75)31(2)62-52(81)54(59,32(3)69)20-10-11-21-57)48(76)65-40(26-42(58)70)50(78)64-38(49(77)60-22-18-43(71)63-39(51(79)80)16-17-45(73)74)19-23-67(44(72)29-68)46(53(4,5)6)41-24-34(36-25-35(55)14-15-37(36)56)28-66(41)27-33-12-8-7-9-13-33/h7-9,12-15,24-25,28,30-31,38-40,46,68H,10-11,16-23,26-27,29,57,59H2,1-6H3,(H2,58,70)(H,60,77)(H,61,75)(H,62,81)(H,63,71)(H,64,78)(H,65,76)(H,73,74)(H,79,80)/t30-,31-,38-,39-,40-,46-,54+/m0/s1. The Labute approximate surface area is 466 Å². The van der Waals surface area contributed by atoms with Gasteiger partial charge in [0.2, 0.25) is 47.3 Å². The fourth-order valence-corrected chi connectivity index (χ4v) is 8.62. The minimum atomic E-state index is -1.99. The van der Waals surface area contributed by atoms with Gasteiger partial charge >= 0.3 is 11.9 Å². The summed E-state index contributed by atoms with van der Waals surface area (Å²) in [4.78, 5) is 144. The van der Waals surface area contributed by atoms with Crippen molar-refractivity contribution in [1.82, 2.24) is 41.4 Å². The number of nitrogens with two attached hydrogens (primary N) is 3. The van der Waals surface area contributed by atoms with Gasteiger partial charge in [0.05, 0.1) is 12.5 Å². The molecule has 81 heavy (non-hydrogen) atoms. The molecule has 25 nitrogen and oxygen atoms in total. The molecule has 0 unspecified atom stereocenters. The van der Waals surface area contributed by atoms with Crippen molar-refractivity contribution in [3.63, 3.8) is 0 Å². The summed E-state index contributed by atoms with van der Waals surface area (Å²) in [5.74, 6) is -13.1. The molecule has 0 radical (unpaired) electrons. The van der Waals surface area contributed by atoms with Gasteiger partial charge in [-0.1, -0.05) is 51.1 Å². The number of nitrogens with one attached hydrogen (secondary N) is 6. The number of aliphatic hydroxyl groups excluding tert-OH is 1. The first-order chi connectivity index (χ1) is 37.9. The van der Waals surface area contributed by atoms with Crippen molar-refractivity contribution < 1.29 is 76.8 Å². The second kappa shape index (κ2) is 31.0. The molecule has 3 aromatic rings. The fourth-order valence-electron chi connectivity index (χ4n) is 8.62. The number of amides is 8. The van der Waals surface area contributed by atoms with E-state index in [1.807, 2.05) is 12.1 Å². The summed E-state index contributed by atoms with van der Waals surface area (Å²) in [6, 6.07) is 4.42. The van der Waals surface area contributed by atoms with E-state index in [-0.39, 0.29) is 30.6 Å². The number of hydrogen-bond donors (Lipinski definition) is 12. The number of unbranched alkanes of at least 4 members (excludes halogenated alkanes) is 1. The Morgan fingerprint density at radius 2 is 1.38 bits per heavy atom. The van der Waals surface area contributed by atoms with Crippen LogP contribution in [0.4, 0.5) is 8.78 Å². The number of halogens is 2. The third-order valence-corrected chi connectivity index (χ3v) is 13.0. The van der Waals surface area contributed by atoms with Crippen LogP contribution in [0.25, 0.3) is 11.1 Å². The Kier molecular flexibility index (Phi) is 25.7. The van der Waals surface area contributed by atoms with E-state index in [0.29, 0.717) is 18.5 Å². The summed E-state index contributed by atoms with van der Waals surface area (Å²) in [5.41, 5.74) is 15.5.